The molecule has 1 aliphatic carbocycles. The van der Waals surface area contributed by atoms with E-state index >= 15 is 0 Å². The lowest BCUT2D eigenvalue weighted by Gasteiger charge is -2.45. The van der Waals surface area contributed by atoms with E-state index in [1.807, 2.05) is 0 Å². The van der Waals surface area contributed by atoms with Crippen LogP contribution < -0.4 is 5.32 Å². The molecule has 0 saturated heterocycles. The van der Waals surface area contributed by atoms with Crippen LogP contribution in [-0.2, 0) is 11.8 Å². The molecule has 0 spiro atoms. The second kappa shape index (κ2) is 6.96. The number of hydrogen-bond donors (Lipinski definition) is 1. The molecule has 0 heterocycles. The molecule has 3 atom stereocenters. The Morgan fingerprint density at radius 3 is 2.33 bits per heavy atom. The van der Waals surface area contributed by atoms with Crippen LogP contribution in [0.1, 0.15) is 65.0 Å². The summed E-state index contributed by atoms with van der Waals surface area (Å²) in [5.41, 5.74) is 3.19. The van der Waals surface area contributed by atoms with Gasteiger partial charge in [0.25, 0.3) is 0 Å². The minimum atomic E-state index is 0.249. The summed E-state index contributed by atoms with van der Waals surface area (Å²) in [6.45, 7) is 12.8. The number of benzene rings is 1. The molecule has 3 unspecified atom stereocenters. The van der Waals surface area contributed by atoms with Crippen LogP contribution in [0.2, 0.25) is 0 Å². The van der Waals surface area contributed by atoms with Crippen LogP contribution in [0.25, 0.3) is 0 Å². The van der Waals surface area contributed by atoms with Gasteiger partial charge in [-0.1, -0.05) is 65.3 Å². The topological polar surface area (TPSA) is 12.0 Å². The predicted octanol–water partition coefficient (Wildman–Crippen LogP) is 4.94. The number of rotatable bonds is 5. The van der Waals surface area contributed by atoms with Crippen molar-refractivity contribution in [1.82, 2.24) is 5.32 Å². The van der Waals surface area contributed by atoms with Crippen molar-refractivity contribution in [2.75, 3.05) is 6.54 Å². The van der Waals surface area contributed by atoms with Crippen molar-refractivity contribution in [2.45, 2.75) is 71.8 Å². The van der Waals surface area contributed by atoms with E-state index in [0.29, 0.717) is 6.04 Å². The first-order valence-corrected chi connectivity index (χ1v) is 8.81. The standard InChI is InChI=1S/C20H33N/c1-6-16-9-11-17(12-10-16)20(4,5)18-13-8-15(3)14-19(18)21-7-2/h9-12,15,18-19,21H,6-8,13-14H2,1-5H3. The summed E-state index contributed by atoms with van der Waals surface area (Å²) in [6.07, 6.45) is 5.18. The molecule has 1 heteroatoms. The maximum atomic E-state index is 3.76. The van der Waals surface area contributed by atoms with Crippen LogP contribution in [0.5, 0.6) is 0 Å². The maximum absolute atomic E-state index is 3.76. The molecule has 1 nitrogen and oxygen atoms in total. The zero-order valence-corrected chi connectivity index (χ0v) is 14.6. The van der Waals surface area contributed by atoms with Gasteiger partial charge >= 0.3 is 0 Å². The molecule has 1 saturated carbocycles. The average Bonchev–Trinajstić information content (AvgIpc) is 2.47. The van der Waals surface area contributed by atoms with Gasteiger partial charge in [-0.2, -0.15) is 0 Å². The van der Waals surface area contributed by atoms with Crippen molar-refractivity contribution in [2.24, 2.45) is 11.8 Å². The summed E-state index contributed by atoms with van der Waals surface area (Å²) >= 11 is 0. The Hall–Kier alpha value is -0.820. The average molecular weight is 287 g/mol. The number of aryl methyl sites for hydroxylation is 1. The van der Waals surface area contributed by atoms with E-state index in [0.717, 1.165) is 24.8 Å². The quantitative estimate of drug-likeness (QED) is 0.808. The van der Waals surface area contributed by atoms with Gasteiger partial charge in [0.1, 0.15) is 0 Å². The summed E-state index contributed by atoms with van der Waals surface area (Å²) in [7, 11) is 0. The summed E-state index contributed by atoms with van der Waals surface area (Å²) in [6, 6.07) is 10.0. The van der Waals surface area contributed by atoms with Gasteiger partial charge in [0.15, 0.2) is 0 Å². The summed E-state index contributed by atoms with van der Waals surface area (Å²) in [4.78, 5) is 0. The highest BCUT2D eigenvalue weighted by Gasteiger charge is 2.39. The van der Waals surface area contributed by atoms with Gasteiger partial charge in [-0.25, -0.2) is 0 Å². The van der Waals surface area contributed by atoms with Gasteiger partial charge < -0.3 is 5.32 Å². The van der Waals surface area contributed by atoms with Gasteiger partial charge in [-0.15, -0.1) is 0 Å². The molecule has 1 aliphatic rings. The molecule has 0 aliphatic heterocycles. The van der Waals surface area contributed by atoms with E-state index < -0.39 is 0 Å². The van der Waals surface area contributed by atoms with E-state index in [1.165, 1.54) is 30.4 Å². The molecule has 0 aromatic heterocycles. The van der Waals surface area contributed by atoms with Crippen molar-refractivity contribution in [1.29, 1.82) is 0 Å². The van der Waals surface area contributed by atoms with Crippen molar-refractivity contribution in [3.63, 3.8) is 0 Å². The third-order valence-electron chi connectivity index (χ3n) is 5.61. The van der Waals surface area contributed by atoms with Gasteiger partial charge in [-0.05, 0) is 54.2 Å². The van der Waals surface area contributed by atoms with Crippen LogP contribution in [0.15, 0.2) is 24.3 Å². The van der Waals surface area contributed by atoms with Crippen LogP contribution in [0, 0.1) is 11.8 Å². The van der Waals surface area contributed by atoms with E-state index in [9.17, 15) is 0 Å². The number of nitrogens with one attached hydrogen (secondary N) is 1. The lowest BCUT2D eigenvalue weighted by molar-refractivity contribution is 0.147. The van der Waals surface area contributed by atoms with E-state index in [-0.39, 0.29) is 5.41 Å². The van der Waals surface area contributed by atoms with E-state index in [4.69, 9.17) is 0 Å². The van der Waals surface area contributed by atoms with Crippen LogP contribution in [-0.4, -0.2) is 12.6 Å². The van der Waals surface area contributed by atoms with Crippen molar-refractivity contribution in [3.8, 4) is 0 Å². The van der Waals surface area contributed by atoms with Crippen molar-refractivity contribution in [3.05, 3.63) is 35.4 Å². The fourth-order valence-electron chi connectivity index (χ4n) is 4.12. The molecule has 0 bridgehead atoms. The zero-order valence-electron chi connectivity index (χ0n) is 14.6. The molecule has 2 rings (SSSR count). The third-order valence-corrected chi connectivity index (χ3v) is 5.61. The molecule has 118 valence electrons. The van der Waals surface area contributed by atoms with E-state index in [2.05, 4.69) is 64.2 Å². The minimum Gasteiger partial charge on any atom is -0.314 e. The summed E-state index contributed by atoms with van der Waals surface area (Å²) in [5.74, 6) is 1.60. The second-order valence-corrected chi connectivity index (χ2v) is 7.46. The highest BCUT2D eigenvalue weighted by molar-refractivity contribution is 5.29. The summed E-state index contributed by atoms with van der Waals surface area (Å²) in [5, 5.41) is 3.76. The molecular formula is C20H33N. The Morgan fingerprint density at radius 1 is 1.10 bits per heavy atom. The predicted molar refractivity (Wildman–Crippen MR) is 92.8 cm³/mol. The molecule has 0 amide bonds. The largest absolute Gasteiger partial charge is 0.314 e. The Bertz CT molecular complexity index is 432. The van der Waals surface area contributed by atoms with Gasteiger partial charge in [0.2, 0.25) is 0 Å². The minimum absolute atomic E-state index is 0.249. The normalized spacial score (nSPS) is 26.8. The van der Waals surface area contributed by atoms with E-state index in [1.54, 1.807) is 0 Å². The lowest BCUT2D eigenvalue weighted by Crippen LogP contribution is -2.48. The van der Waals surface area contributed by atoms with Gasteiger partial charge in [0.05, 0.1) is 0 Å². The highest BCUT2D eigenvalue weighted by atomic mass is 14.9. The maximum Gasteiger partial charge on any atom is 0.0106 e. The molecular weight excluding hydrogens is 254 g/mol. The monoisotopic (exact) mass is 287 g/mol. The van der Waals surface area contributed by atoms with Crippen LogP contribution in [0.3, 0.4) is 0 Å². The first-order valence-electron chi connectivity index (χ1n) is 8.81. The third kappa shape index (κ3) is 3.69. The highest BCUT2D eigenvalue weighted by Crippen LogP contribution is 2.42. The molecule has 1 fully saturated rings. The smallest absolute Gasteiger partial charge is 0.0106 e. The molecule has 1 aromatic rings. The first kappa shape index (κ1) is 16.5. The van der Waals surface area contributed by atoms with Gasteiger partial charge in [-0.3, -0.25) is 0 Å². The fraction of sp³-hybridized carbons (Fsp3) is 0.700. The SMILES string of the molecule is CCNC1CC(C)CCC1C(C)(C)c1ccc(CC)cc1. The Morgan fingerprint density at radius 2 is 1.76 bits per heavy atom. The van der Waals surface area contributed by atoms with Crippen molar-refractivity contribution < 1.29 is 0 Å². The van der Waals surface area contributed by atoms with Crippen molar-refractivity contribution >= 4 is 0 Å². The summed E-state index contributed by atoms with van der Waals surface area (Å²) < 4.78 is 0. The first-order chi connectivity index (χ1) is 9.98. The Labute approximate surface area is 131 Å². The molecule has 21 heavy (non-hydrogen) atoms. The number of hydrogen-bond acceptors (Lipinski definition) is 1. The van der Waals surface area contributed by atoms with Crippen LogP contribution in [0.4, 0.5) is 0 Å². The Kier molecular flexibility index (Phi) is 5.48. The second-order valence-electron chi connectivity index (χ2n) is 7.46. The Balaban J connectivity index is 2.22. The zero-order chi connectivity index (χ0) is 15.5. The van der Waals surface area contributed by atoms with Crippen LogP contribution >= 0.6 is 0 Å². The fourth-order valence-corrected chi connectivity index (χ4v) is 4.12. The lowest BCUT2D eigenvalue weighted by atomic mass is 9.63. The molecule has 1 aromatic carbocycles. The molecule has 0 radical (unpaired) electrons. The van der Waals surface area contributed by atoms with Gasteiger partial charge in [0, 0.05) is 6.04 Å². The molecule has 1 N–H and O–H groups in total.